The van der Waals surface area contributed by atoms with Gasteiger partial charge in [-0.05, 0) is 54.9 Å². The molecule has 196 valence electrons. The molecule has 1 saturated heterocycles. The van der Waals surface area contributed by atoms with E-state index >= 15 is 0 Å². The molecule has 0 aromatic heterocycles. The van der Waals surface area contributed by atoms with E-state index in [1.54, 1.807) is 24.3 Å². The maximum Gasteiger partial charge on any atom is 0.340 e. The molecule has 4 rings (SSSR count). The van der Waals surface area contributed by atoms with Crippen molar-refractivity contribution in [1.82, 2.24) is 5.32 Å². The topological polar surface area (TPSA) is 145 Å². The van der Waals surface area contributed by atoms with Gasteiger partial charge in [-0.2, -0.15) is 0 Å². The van der Waals surface area contributed by atoms with Crippen LogP contribution in [0, 0.1) is 0 Å². The number of rotatable bonds is 7. The van der Waals surface area contributed by atoms with E-state index < -0.39 is 34.9 Å². The summed E-state index contributed by atoms with van der Waals surface area (Å²) in [4.78, 5) is 38.2. The van der Waals surface area contributed by atoms with Gasteiger partial charge in [0.1, 0.15) is 17.6 Å². The highest BCUT2D eigenvalue weighted by Gasteiger charge is 2.25. The molecule has 5 N–H and O–H groups in total. The molecule has 1 amide bonds. The summed E-state index contributed by atoms with van der Waals surface area (Å²) < 4.78 is 5.57. The molecule has 0 radical (unpaired) electrons. The minimum atomic E-state index is -1.49. The number of aromatic carboxylic acids is 1. The molecule has 0 aliphatic carbocycles. The number of aromatic hydroxyl groups is 1. The summed E-state index contributed by atoms with van der Waals surface area (Å²) in [5.41, 5.74) is 0.0358. The molecule has 1 fully saturated rings. The van der Waals surface area contributed by atoms with Gasteiger partial charge in [-0.25, -0.2) is 9.59 Å². The number of phenols is 1. The van der Waals surface area contributed by atoms with Crippen LogP contribution in [0.2, 0.25) is 10.0 Å². The number of carbonyl (C=O) groups excluding carboxylic acids is 2. The van der Waals surface area contributed by atoms with Crippen molar-refractivity contribution in [2.24, 2.45) is 0 Å². The fourth-order valence-electron chi connectivity index (χ4n) is 4.03. The van der Waals surface area contributed by atoms with Crippen LogP contribution in [-0.4, -0.2) is 52.4 Å². The van der Waals surface area contributed by atoms with Crippen molar-refractivity contribution < 1.29 is 34.4 Å². The second-order valence-electron chi connectivity index (χ2n) is 8.53. The number of hydrogen-bond donors (Lipinski definition) is 5. The van der Waals surface area contributed by atoms with Gasteiger partial charge in [0.15, 0.2) is 0 Å². The van der Waals surface area contributed by atoms with E-state index in [0.29, 0.717) is 40.7 Å². The summed E-state index contributed by atoms with van der Waals surface area (Å²) in [5.74, 6) is -4.23. The molecule has 3 aromatic carbocycles. The Hall–Kier alpha value is -4.05. The van der Waals surface area contributed by atoms with Crippen LogP contribution in [0.1, 0.15) is 43.1 Å². The van der Waals surface area contributed by atoms with Crippen LogP contribution in [0.25, 0.3) is 16.9 Å². The van der Waals surface area contributed by atoms with Crippen LogP contribution in [0.3, 0.4) is 0 Å². The van der Waals surface area contributed by atoms with Crippen LogP contribution in [0.4, 0.5) is 5.69 Å². The van der Waals surface area contributed by atoms with E-state index in [-0.39, 0.29) is 28.5 Å². The maximum atomic E-state index is 13.3. The number of carbonyl (C=O) groups is 3. The van der Waals surface area contributed by atoms with Gasteiger partial charge in [-0.3, -0.25) is 4.79 Å². The number of halogens is 2. The van der Waals surface area contributed by atoms with Crippen molar-refractivity contribution in [2.75, 3.05) is 18.4 Å². The van der Waals surface area contributed by atoms with Crippen molar-refractivity contribution in [1.29, 1.82) is 0 Å². The Kier molecular flexibility index (Phi) is 7.91. The normalized spacial score (nSPS) is 14.6. The molecule has 9 nitrogen and oxygen atoms in total. The van der Waals surface area contributed by atoms with E-state index in [4.69, 9.17) is 27.9 Å². The average molecular weight is 557 g/mol. The van der Waals surface area contributed by atoms with Crippen LogP contribution in [0.15, 0.2) is 55.1 Å². The SMILES string of the molecule is C=C(O)c1cc(C(=O)Nc2cc(-c3ccc(Cl)cc3Cl)ccc2C(=O)OC2CCNC2)c(C(=O)O)cc1O. The molecule has 3 aromatic rings. The second kappa shape index (κ2) is 11.1. The van der Waals surface area contributed by atoms with Gasteiger partial charge >= 0.3 is 11.9 Å². The van der Waals surface area contributed by atoms with Crippen LogP contribution < -0.4 is 10.6 Å². The zero-order valence-electron chi connectivity index (χ0n) is 19.8. The number of aliphatic hydroxyl groups is 1. The first-order chi connectivity index (χ1) is 18.0. The molecule has 1 atom stereocenters. The Morgan fingerprint density at radius 3 is 2.37 bits per heavy atom. The predicted octanol–water partition coefficient (Wildman–Crippen LogP) is 5.36. The lowest BCUT2D eigenvalue weighted by molar-refractivity contribution is 0.0345. The lowest BCUT2D eigenvalue weighted by Gasteiger charge is -2.17. The highest BCUT2D eigenvalue weighted by molar-refractivity contribution is 6.36. The zero-order valence-corrected chi connectivity index (χ0v) is 21.3. The highest BCUT2D eigenvalue weighted by Crippen LogP contribution is 2.34. The smallest absolute Gasteiger partial charge is 0.340 e. The highest BCUT2D eigenvalue weighted by atomic mass is 35.5. The summed E-state index contributed by atoms with van der Waals surface area (Å²) in [6, 6.07) is 11.3. The minimum absolute atomic E-state index is 0.0292. The first-order valence-electron chi connectivity index (χ1n) is 11.4. The average Bonchev–Trinajstić information content (AvgIpc) is 3.36. The van der Waals surface area contributed by atoms with E-state index in [0.717, 1.165) is 12.1 Å². The molecule has 11 heteroatoms. The molecule has 0 saturated carbocycles. The van der Waals surface area contributed by atoms with Gasteiger partial charge in [0.05, 0.1) is 27.9 Å². The predicted molar refractivity (Wildman–Crippen MR) is 143 cm³/mol. The Morgan fingerprint density at radius 1 is 0.974 bits per heavy atom. The van der Waals surface area contributed by atoms with Gasteiger partial charge in [-0.1, -0.05) is 41.9 Å². The van der Waals surface area contributed by atoms with E-state index in [2.05, 4.69) is 17.2 Å². The van der Waals surface area contributed by atoms with Gasteiger partial charge in [0.25, 0.3) is 5.91 Å². The number of benzene rings is 3. The lowest BCUT2D eigenvalue weighted by Crippen LogP contribution is -2.23. The fraction of sp³-hybridized carbons (Fsp3) is 0.148. The summed E-state index contributed by atoms with van der Waals surface area (Å²) >= 11 is 12.4. The Morgan fingerprint density at radius 2 is 1.74 bits per heavy atom. The Labute approximate surface area is 227 Å². The quantitative estimate of drug-likeness (QED) is 0.193. The molecular weight excluding hydrogens is 535 g/mol. The Balaban J connectivity index is 1.78. The fourth-order valence-corrected chi connectivity index (χ4v) is 4.55. The van der Waals surface area contributed by atoms with Gasteiger partial charge < -0.3 is 30.7 Å². The third-order valence-electron chi connectivity index (χ3n) is 5.94. The third kappa shape index (κ3) is 5.75. The molecule has 1 heterocycles. The summed E-state index contributed by atoms with van der Waals surface area (Å²) in [7, 11) is 0. The number of carboxylic acids is 1. The zero-order chi connectivity index (χ0) is 27.6. The van der Waals surface area contributed by atoms with Crippen LogP contribution in [-0.2, 0) is 4.74 Å². The van der Waals surface area contributed by atoms with Gasteiger partial charge in [-0.15, -0.1) is 0 Å². The maximum absolute atomic E-state index is 13.3. The number of anilines is 1. The largest absolute Gasteiger partial charge is 0.508 e. The van der Waals surface area contributed by atoms with Crippen LogP contribution in [0.5, 0.6) is 5.75 Å². The van der Waals surface area contributed by atoms with E-state index in [9.17, 15) is 29.7 Å². The summed E-state index contributed by atoms with van der Waals surface area (Å²) in [6.07, 6.45) is 0.292. The van der Waals surface area contributed by atoms with Gasteiger partial charge in [0.2, 0.25) is 0 Å². The molecule has 0 bridgehead atoms. The standard InChI is InChI=1S/C27H22Cl2N2O7/c1-13(32)19-10-20(21(26(35)36)11-24(19)33)25(34)31-23-8-14(17-5-3-15(28)9-22(17)29)2-4-18(23)27(37)38-16-6-7-30-12-16/h2-5,8-11,16,30,32-33H,1,6-7,12H2,(H,31,34)(H,35,36). The number of aliphatic hydroxyl groups excluding tert-OH is 1. The molecular formula is C27H22Cl2N2O7. The molecule has 1 unspecified atom stereocenters. The number of amides is 1. The number of carboxylic acid groups (broad SMARTS) is 1. The van der Waals surface area contributed by atoms with E-state index in [1.165, 1.54) is 12.1 Å². The number of esters is 1. The minimum Gasteiger partial charge on any atom is -0.508 e. The number of hydrogen-bond acceptors (Lipinski definition) is 7. The van der Waals surface area contributed by atoms with Crippen LogP contribution >= 0.6 is 23.2 Å². The van der Waals surface area contributed by atoms with Crippen molar-refractivity contribution >= 4 is 52.5 Å². The monoisotopic (exact) mass is 556 g/mol. The number of ether oxygens (including phenoxy) is 1. The van der Waals surface area contributed by atoms with Crippen molar-refractivity contribution in [2.45, 2.75) is 12.5 Å². The van der Waals surface area contributed by atoms with Crippen molar-refractivity contribution in [3.8, 4) is 16.9 Å². The lowest BCUT2D eigenvalue weighted by atomic mass is 9.99. The summed E-state index contributed by atoms with van der Waals surface area (Å²) in [5, 5.41) is 35.9. The van der Waals surface area contributed by atoms with Crippen molar-refractivity contribution in [3.05, 3.63) is 87.4 Å². The molecule has 1 aliphatic heterocycles. The molecule has 38 heavy (non-hydrogen) atoms. The summed E-state index contributed by atoms with van der Waals surface area (Å²) in [6.45, 7) is 4.52. The third-order valence-corrected chi connectivity index (χ3v) is 6.49. The number of phenolic OH excluding ortho intramolecular Hbond substituents is 1. The van der Waals surface area contributed by atoms with Gasteiger partial charge in [0, 0.05) is 22.2 Å². The first kappa shape index (κ1) is 27.0. The first-order valence-corrected chi connectivity index (χ1v) is 12.1. The molecule has 1 aliphatic rings. The van der Waals surface area contributed by atoms with E-state index in [1.807, 2.05) is 0 Å². The number of nitrogens with one attached hydrogen (secondary N) is 2. The van der Waals surface area contributed by atoms with Crippen molar-refractivity contribution in [3.63, 3.8) is 0 Å². The second-order valence-corrected chi connectivity index (χ2v) is 9.37. The Bertz CT molecular complexity index is 1470. The molecule has 0 spiro atoms.